The van der Waals surface area contributed by atoms with Gasteiger partial charge < -0.3 is 14.8 Å². The Hall–Kier alpha value is -1.32. The molecule has 1 unspecified atom stereocenters. The van der Waals surface area contributed by atoms with E-state index in [4.69, 9.17) is 0 Å². The number of nitrogens with zero attached hydrogens (tertiary/aromatic N) is 2. The fourth-order valence-corrected chi connectivity index (χ4v) is 3.22. The molecule has 2 heterocycles. The first-order valence-corrected chi connectivity index (χ1v) is 7.79. The Morgan fingerprint density at radius 1 is 1.25 bits per heavy atom. The molecule has 1 atom stereocenters. The van der Waals surface area contributed by atoms with E-state index in [0.29, 0.717) is 6.04 Å². The van der Waals surface area contributed by atoms with Gasteiger partial charge in [0, 0.05) is 30.8 Å². The zero-order valence-electron chi connectivity index (χ0n) is 12.4. The summed E-state index contributed by atoms with van der Waals surface area (Å²) in [5, 5.41) is 5.05. The standard InChI is InChI=1S/C17H25N3/c1-19-11-4-7-16(14-19)18-10-5-12-20-13-9-15-6-2-3-8-17(15)20/h2-3,6,8-9,13,16,18H,4-5,7,10-12,14H2,1H3. The predicted octanol–water partition coefficient (Wildman–Crippen LogP) is 2.72. The van der Waals surface area contributed by atoms with Crippen LogP contribution in [0.15, 0.2) is 36.5 Å². The first-order chi connectivity index (χ1) is 9.83. The molecule has 1 saturated heterocycles. The molecule has 1 aromatic heterocycles. The molecule has 0 aliphatic carbocycles. The monoisotopic (exact) mass is 271 g/mol. The van der Waals surface area contributed by atoms with Crippen molar-refractivity contribution in [1.82, 2.24) is 14.8 Å². The van der Waals surface area contributed by atoms with Gasteiger partial charge >= 0.3 is 0 Å². The SMILES string of the molecule is CN1CCCC(NCCCn2ccc3ccccc32)C1. The minimum atomic E-state index is 0.690. The van der Waals surface area contributed by atoms with Crippen LogP contribution in [0, 0.1) is 0 Å². The first-order valence-electron chi connectivity index (χ1n) is 7.79. The van der Waals surface area contributed by atoms with Gasteiger partial charge in [-0.25, -0.2) is 0 Å². The maximum atomic E-state index is 3.71. The molecule has 0 bridgehead atoms. The fraction of sp³-hybridized carbons (Fsp3) is 0.529. The van der Waals surface area contributed by atoms with E-state index in [1.165, 1.54) is 43.3 Å². The summed E-state index contributed by atoms with van der Waals surface area (Å²) >= 11 is 0. The second-order valence-electron chi connectivity index (χ2n) is 5.98. The lowest BCUT2D eigenvalue weighted by molar-refractivity contribution is 0.227. The van der Waals surface area contributed by atoms with Crippen molar-refractivity contribution in [2.24, 2.45) is 0 Å². The third-order valence-corrected chi connectivity index (χ3v) is 4.31. The molecule has 0 saturated carbocycles. The number of hydrogen-bond acceptors (Lipinski definition) is 2. The van der Waals surface area contributed by atoms with Crippen molar-refractivity contribution in [2.45, 2.75) is 31.8 Å². The topological polar surface area (TPSA) is 20.2 Å². The van der Waals surface area contributed by atoms with Crippen LogP contribution in [0.25, 0.3) is 10.9 Å². The Bertz CT molecular complexity index is 546. The Kier molecular flexibility index (Phi) is 4.38. The van der Waals surface area contributed by atoms with Crippen molar-refractivity contribution in [3.8, 4) is 0 Å². The summed E-state index contributed by atoms with van der Waals surface area (Å²) in [6.45, 7) is 4.67. The molecule has 2 aromatic rings. The lowest BCUT2D eigenvalue weighted by atomic mass is 10.1. The maximum absolute atomic E-state index is 3.71. The van der Waals surface area contributed by atoms with Crippen LogP contribution in [0.1, 0.15) is 19.3 Å². The molecule has 20 heavy (non-hydrogen) atoms. The zero-order valence-corrected chi connectivity index (χ0v) is 12.4. The molecule has 3 nitrogen and oxygen atoms in total. The molecule has 1 aliphatic rings. The number of rotatable bonds is 5. The van der Waals surface area contributed by atoms with E-state index in [9.17, 15) is 0 Å². The third kappa shape index (κ3) is 3.22. The van der Waals surface area contributed by atoms with E-state index in [1.807, 2.05) is 0 Å². The van der Waals surface area contributed by atoms with Gasteiger partial charge in [-0.1, -0.05) is 18.2 Å². The second-order valence-corrected chi connectivity index (χ2v) is 5.98. The number of hydrogen-bond donors (Lipinski definition) is 1. The van der Waals surface area contributed by atoms with Crippen LogP contribution < -0.4 is 5.32 Å². The van der Waals surface area contributed by atoms with Crippen LogP contribution in [0.5, 0.6) is 0 Å². The lowest BCUT2D eigenvalue weighted by Crippen LogP contribution is -2.44. The van der Waals surface area contributed by atoms with Gasteiger partial charge in [-0.2, -0.15) is 0 Å². The number of para-hydroxylation sites is 1. The van der Waals surface area contributed by atoms with Crippen LogP contribution in [0.4, 0.5) is 0 Å². The van der Waals surface area contributed by atoms with Crippen LogP contribution in [-0.4, -0.2) is 42.2 Å². The molecule has 1 fully saturated rings. The van der Waals surface area contributed by atoms with E-state index in [2.05, 4.69) is 58.4 Å². The van der Waals surface area contributed by atoms with Gasteiger partial charge in [0.05, 0.1) is 0 Å². The number of aromatic nitrogens is 1. The number of benzene rings is 1. The molecule has 0 radical (unpaired) electrons. The van der Waals surface area contributed by atoms with Gasteiger partial charge in [0.15, 0.2) is 0 Å². The summed E-state index contributed by atoms with van der Waals surface area (Å²) in [4.78, 5) is 2.43. The van der Waals surface area contributed by atoms with Crippen LogP contribution in [-0.2, 0) is 6.54 Å². The Morgan fingerprint density at radius 2 is 2.15 bits per heavy atom. The van der Waals surface area contributed by atoms with Gasteiger partial charge in [0.25, 0.3) is 0 Å². The van der Waals surface area contributed by atoms with E-state index >= 15 is 0 Å². The van der Waals surface area contributed by atoms with Crippen LogP contribution >= 0.6 is 0 Å². The highest BCUT2D eigenvalue weighted by Crippen LogP contribution is 2.15. The molecule has 1 aliphatic heterocycles. The molecular weight excluding hydrogens is 246 g/mol. The molecular formula is C17H25N3. The predicted molar refractivity (Wildman–Crippen MR) is 85.1 cm³/mol. The summed E-state index contributed by atoms with van der Waals surface area (Å²) in [5.41, 5.74) is 1.35. The van der Waals surface area contributed by atoms with Crippen molar-refractivity contribution in [1.29, 1.82) is 0 Å². The molecule has 3 heteroatoms. The van der Waals surface area contributed by atoms with Gasteiger partial charge in [-0.3, -0.25) is 0 Å². The second kappa shape index (κ2) is 6.42. The van der Waals surface area contributed by atoms with Gasteiger partial charge in [0.1, 0.15) is 0 Å². The number of likely N-dealkylation sites (tertiary alicyclic amines) is 1. The smallest absolute Gasteiger partial charge is 0.0480 e. The normalized spacial score (nSPS) is 20.6. The number of aryl methyl sites for hydroxylation is 1. The number of fused-ring (bicyclic) bond motifs is 1. The molecule has 108 valence electrons. The number of nitrogens with one attached hydrogen (secondary N) is 1. The summed E-state index contributed by atoms with van der Waals surface area (Å²) in [6.07, 6.45) is 6.06. The highest BCUT2D eigenvalue weighted by Gasteiger charge is 2.15. The lowest BCUT2D eigenvalue weighted by Gasteiger charge is -2.30. The average molecular weight is 271 g/mol. The Balaban J connectivity index is 1.46. The number of piperidine rings is 1. The van der Waals surface area contributed by atoms with Gasteiger partial charge in [-0.15, -0.1) is 0 Å². The van der Waals surface area contributed by atoms with Crippen molar-refractivity contribution in [3.05, 3.63) is 36.5 Å². The quantitative estimate of drug-likeness (QED) is 0.844. The summed E-state index contributed by atoms with van der Waals surface area (Å²) in [6, 6.07) is 11.5. The first kappa shape index (κ1) is 13.7. The van der Waals surface area contributed by atoms with Crippen molar-refractivity contribution in [2.75, 3.05) is 26.7 Å². The fourth-order valence-electron chi connectivity index (χ4n) is 3.22. The minimum absolute atomic E-state index is 0.690. The van der Waals surface area contributed by atoms with Crippen LogP contribution in [0.2, 0.25) is 0 Å². The van der Waals surface area contributed by atoms with Crippen molar-refractivity contribution < 1.29 is 0 Å². The Labute approximate surface area is 121 Å². The largest absolute Gasteiger partial charge is 0.347 e. The van der Waals surface area contributed by atoms with Crippen molar-refractivity contribution in [3.63, 3.8) is 0 Å². The average Bonchev–Trinajstić information content (AvgIpc) is 2.87. The molecule has 1 aromatic carbocycles. The van der Waals surface area contributed by atoms with Crippen molar-refractivity contribution >= 4 is 10.9 Å². The zero-order chi connectivity index (χ0) is 13.8. The highest BCUT2D eigenvalue weighted by molar-refractivity contribution is 5.79. The minimum Gasteiger partial charge on any atom is -0.347 e. The van der Waals surface area contributed by atoms with Gasteiger partial charge in [0.2, 0.25) is 0 Å². The molecule has 0 spiro atoms. The molecule has 3 rings (SSSR count). The van der Waals surface area contributed by atoms with E-state index in [0.717, 1.165) is 13.1 Å². The summed E-state index contributed by atoms with van der Waals surface area (Å²) < 4.78 is 2.37. The molecule has 1 N–H and O–H groups in total. The number of likely N-dealkylation sites (N-methyl/N-ethyl adjacent to an activating group) is 1. The summed E-state index contributed by atoms with van der Waals surface area (Å²) in [5.74, 6) is 0. The van der Waals surface area contributed by atoms with E-state index in [-0.39, 0.29) is 0 Å². The summed E-state index contributed by atoms with van der Waals surface area (Å²) in [7, 11) is 2.22. The highest BCUT2D eigenvalue weighted by atomic mass is 15.1. The molecule has 0 amide bonds. The third-order valence-electron chi connectivity index (χ3n) is 4.31. The van der Waals surface area contributed by atoms with E-state index in [1.54, 1.807) is 0 Å². The van der Waals surface area contributed by atoms with Crippen LogP contribution in [0.3, 0.4) is 0 Å². The maximum Gasteiger partial charge on any atom is 0.0480 e. The van der Waals surface area contributed by atoms with E-state index < -0.39 is 0 Å². The Morgan fingerprint density at radius 3 is 3.05 bits per heavy atom. The van der Waals surface area contributed by atoms with Gasteiger partial charge in [-0.05, 0) is 56.9 Å².